The number of nitrogens with zero attached hydrogens (tertiary/aromatic N) is 1. The Morgan fingerprint density at radius 1 is 1.25 bits per heavy atom. The molecule has 0 atom stereocenters. The zero-order chi connectivity index (χ0) is 17.3. The van der Waals surface area contributed by atoms with Crippen LogP contribution >= 0.6 is 11.6 Å². The summed E-state index contributed by atoms with van der Waals surface area (Å²) < 4.78 is 12.2. The Hall–Kier alpha value is -2.74. The van der Waals surface area contributed by atoms with Crippen LogP contribution in [0.2, 0.25) is 5.02 Å². The zero-order valence-corrected chi connectivity index (χ0v) is 13.5. The molecule has 0 spiro atoms. The fourth-order valence-corrected chi connectivity index (χ4v) is 2.40. The summed E-state index contributed by atoms with van der Waals surface area (Å²) >= 11 is 6.15. The molecule has 2 N–H and O–H groups in total. The van der Waals surface area contributed by atoms with Crippen LogP contribution in [0, 0.1) is 0 Å². The van der Waals surface area contributed by atoms with E-state index in [1.165, 1.54) is 13.1 Å². The lowest BCUT2D eigenvalue weighted by atomic mass is 10.2. The minimum Gasteiger partial charge on any atom is -0.490 e. The van der Waals surface area contributed by atoms with Gasteiger partial charge in [-0.15, -0.1) is 0 Å². The smallest absolute Gasteiger partial charge is 0.328 e. The van der Waals surface area contributed by atoms with Crippen LogP contribution in [0.3, 0.4) is 0 Å². The summed E-state index contributed by atoms with van der Waals surface area (Å²) in [6, 6.07) is 3.08. The molecule has 0 saturated carbocycles. The van der Waals surface area contributed by atoms with Crippen LogP contribution in [0.25, 0.3) is 0 Å². The number of carbonyl (C=O) groups is 1. The van der Waals surface area contributed by atoms with E-state index in [1.54, 1.807) is 6.07 Å². The lowest BCUT2D eigenvalue weighted by molar-refractivity contribution is 0.102. The van der Waals surface area contributed by atoms with E-state index in [9.17, 15) is 14.4 Å². The van der Waals surface area contributed by atoms with E-state index in [0.717, 1.165) is 17.2 Å². The van der Waals surface area contributed by atoms with Gasteiger partial charge in [-0.1, -0.05) is 11.6 Å². The van der Waals surface area contributed by atoms with Crippen LogP contribution in [-0.2, 0) is 7.05 Å². The van der Waals surface area contributed by atoms with E-state index in [4.69, 9.17) is 21.1 Å². The summed E-state index contributed by atoms with van der Waals surface area (Å²) in [6.07, 6.45) is 1.90. The number of fused-ring (bicyclic) bond motifs is 1. The van der Waals surface area contributed by atoms with Gasteiger partial charge in [0.1, 0.15) is 5.56 Å². The Labute approximate surface area is 141 Å². The maximum Gasteiger partial charge on any atom is 0.328 e. The third-order valence-electron chi connectivity index (χ3n) is 3.44. The molecule has 2 aromatic rings. The standard InChI is InChI=1S/C15H14ClN3O5/c1-19-7-8(14(21)18-15(19)22)13(20)17-10-6-12-11(5-9(10)16)23-3-2-4-24-12/h5-7H,2-4H2,1H3,(H,17,20)(H,18,21,22). The van der Waals surface area contributed by atoms with Crippen molar-refractivity contribution < 1.29 is 14.3 Å². The lowest BCUT2D eigenvalue weighted by Crippen LogP contribution is -2.33. The molecule has 8 nitrogen and oxygen atoms in total. The van der Waals surface area contributed by atoms with Crippen LogP contribution in [0.5, 0.6) is 11.5 Å². The van der Waals surface area contributed by atoms with E-state index in [0.29, 0.717) is 24.7 Å². The number of hydrogen-bond acceptors (Lipinski definition) is 5. The molecular weight excluding hydrogens is 338 g/mol. The molecule has 3 rings (SSSR count). The molecule has 9 heteroatoms. The van der Waals surface area contributed by atoms with Crippen molar-refractivity contribution >= 4 is 23.2 Å². The van der Waals surface area contributed by atoms with Gasteiger partial charge in [0, 0.05) is 31.8 Å². The number of halogens is 1. The van der Waals surface area contributed by atoms with Gasteiger partial charge < -0.3 is 19.4 Å². The van der Waals surface area contributed by atoms with Crippen molar-refractivity contribution in [3.63, 3.8) is 0 Å². The second kappa shape index (κ2) is 6.40. The van der Waals surface area contributed by atoms with Gasteiger partial charge in [0.05, 0.1) is 23.9 Å². The first-order valence-corrected chi connectivity index (χ1v) is 7.54. The number of nitrogens with one attached hydrogen (secondary N) is 2. The maximum atomic E-state index is 12.3. The molecule has 0 fully saturated rings. The Morgan fingerprint density at radius 2 is 1.92 bits per heavy atom. The van der Waals surface area contributed by atoms with Crippen molar-refractivity contribution in [1.29, 1.82) is 0 Å². The topological polar surface area (TPSA) is 102 Å². The fraction of sp³-hybridized carbons (Fsp3) is 0.267. The molecule has 126 valence electrons. The van der Waals surface area contributed by atoms with Crippen molar-refractivity contribution in [3.05, 3.63) is 49.8 Å². The second-order valence-electron chi connectivity index (χ2n) is 5.20. The minimum atomic E-state index is -0.777. The molecule has 1 aromatic heterocycles. The highest BCUT2D eigenvalue weighted by Gasteiger charge is 2.18. The Kier molecular flexibility index (Phi) is 4.30. The number of amides is 1. The van der Waals surface area contributed by atoms with E-state index >= 15 is 0 Å². The van der Waals surface area contributed by atoms with Crippen molar-refractivity contribution in [3.8, 4) is 11.5 Å². The lowest BCUT2D eigenvalue weighted by Gasteiger charge is -2.12. The summed E-state index contributed by atoms with van der Waals surface area (Å²) in [5, 5.41) is 2.79. The van der Waals surface area contributed by atoms with Gasteiger partial charge in [0.25, 0.3) is 11.5 Å². The Bertz CT molecular complexity index is 918. The van der Waals surface area contributed by atoms with Crippen LogP contribution in [0.1, 0.15) is 16.8 Å². The summed E-state index contributed by atoms with van der Waals surface area (Å²) in [6.45, 7) is 1.00. The molecule has 1 aromatic carbocycles. The highest BCUT2D eigenvalue weighted by Crippen LogP contribution is 2.37. The van der Waals surface area contributed by atoms with Crippen LogP contribution in [-0.4, -0.2) is 28.7 Å². The number of carbonyl (C=O) groups excluding carboxylic acids is 1. The first-order valence-electron chi connectivity index (χ1n) is 7.16. The van der Waals surface area contributed by atoms with Gasteiger partial charge in [-0.3, -0.25) is 14.6 Å². The minimum absolute atomic E-state index is 0.208. The third-order valence-corrected chi connectivity index (χ3v) is 3.75. The molecule has 0 aliphatic carbocycles. The molecule has 0 unspecified atom stereocenters. The molecule has 0 radical (unpaired) electrons. The molecule has 0 saturated heterocycles. The molecule has 0 bridgehead atoms. The monoisotopic (exact) mass is 351 g/mol. The molecule has 2 heterocycles. The van der Waals surface area contributed by atoms with E-state index < -0.39 is 17.2 Å². The predicted molar refractivity (Wildman–Crippen MR) is 87.3 cm³/mol. The van der Waals surface area contributed by atoms with Crippen molar-refractivity contribution in [2.24, 2.45) is 7.05 Å². The number of rotatable bonds is 2. The summed E-state index contributed by atoms with van der Waals surface area (Å²) in [7, 11) is 1.43. The number of ether oxygens (including phenoxy) is 2. The van der Waals surface area contributed by atoms with Crippen LogP contribution < -0.4 is 26.0 Å². The number of H-pyrrole nitrogens is 1. The molecule has 1 amide bonds. The number of benzene rings is 1. The largest absolute Gasteiger partial charge is 0.490 e. The van der Waals surface area contributed by atoms with Gasteiger partial charge in [0.2, 0.25) is 0 Å². The molecule has 1 aliphatic heterocycles. The van der Waals surface area contributed by atoms with Crippen molar-refractivity contribution in [2.45, 2.75) is 6.42 Å². The summed E-state index contributed by atoms with van der Waals surface area (Å²) in [5.74, 6) is 0.264. The molecular formula is C15H14ClN3O5. The Balaban J connectivity index is 1.92. The highest BCUT2D eigenvalue weighted by atomic mass is 35.5. The average Bonchev–Trinajstić information content (AvgIpc) is 2.76. The maximum absolute atomic E-state index is 12.3. The third kappa shape index (κ3) is 3.13. The predicted octanol–water partition coefficient (Wildman–Crippen LogP) is 1.14. The molecule has 24 heavy (non-hydrogen) atoms. The number of anilines is 1. The average molecular weight is 352 g/mol. The van der Waals surface area contributed by atoms with Gasteiger partial charge in [-0.05, 0) is 0 Å². The zero-order valence-electron chi connectivity index (χ0n) is 12.7. The summed E-state index contributed by atoms with van der Waals surface area (Å²) in [4.78, 5) is 37.5. The second-order valence-corrected chi connectivity index (χ2v) is 5.60. The van der Waals surface area contributed by atoms with Gasteiger partial charge >= 0.3 is 5.69 Å². The summed E-state index contributed by atoms with van der Waals surface area (Å²) in [5.41, 5.74) is -1.31. The van der Waals surface area contributed by atoms with Crippen LogP contribution in [0.4, 0.5) is 5.69 Å². The van der Waals surface area contributed by atoms with E-state index in [-0.39, 0.29) is 16.3 Å². The fourth-order valence-electron chi connectivity index (χ4n) is 2.19. The Morgan fingerprint density at radius 3 is 2.62 bits per heavy atom. The van der Waals surface area contributed by atoms with E-state index in [2.05, 4.69) is 10.3 Å². The number of aryl methyl sites for hydroxylation is 1. The van der Waals surface area contributed by atoms with Crippen molar-refractivity contribution in [1.82, 2.24) is 9.55 Å². The quantitative estimate of drug-likeness (QED) is 0.844. The van der Waals surface area contributed by atoms with Crippen molar-refractivity contribution in [2.75, 3.05) is 18.5 Å². The van der Waals surface area contributed by atoms with Gasteiger partial charge in [0.15, 0.2) is 11.5 Å². The SMILES string of the molecule is Cn1cc(C(=O)Nc2cc3c(cc2Cl)OCCCO3)c(=O)[nH]c1=O. The highest BCUT2D eigenvalue weighted by molar-refractivity contribution is 6.34. The van der Waals surface area contributed by atoms with Gasteiger partial charge in [-0.2, -0.15) is 0 Å². The van der Waals surface area contributed by atoms with Gasteiger partial charge in [-0.25, -0.2) is 4.79 Å². The normalized spacial score (nSPS) is 13.2. The first-order chi connectivity index (χ1) is 11.5. The van der Waals surface area contributed by atoms with E-state index in [1.807, 2.05) is 0 Å². The van der Waals surface area contributed by atoms with Crippen LogP contribution in [0.15, 0.2) is 27.9 Å². The number of aromatic amines is 1. The molecule has 1 aliphatic rings. The number of hydrogen-bond donors (Lipinski definition) is 2. The number of aromatic nitrogens is 2. The first kappa shape index (κ1) is 16.1.